The van der Waals surface area contributed by atoms with E-state index in [4.69, 9.17) is 16.6 Å². The van der Waals surface area contributed by atoms with E-state index in [0.717, 1.165) is 5.56 Å². The third kappa shape index (κ3) is 2.14. The minimum atomic E-state index is -1.44. The Bertz CT molecular complexity index is 351. The Morgan fingerprint density at radius 3 is 2.07 bits per heavy atom. The van der Waals surface area contributed by atoms with Crippen molar-refractivity contribution >= 4 is 12.6 Å². The molecule has 0 spiro atoms. The molecule has 1 rings (SSSR count). The van der Waals surface area contributed by atoms with Gasteiger partial charge in [-0.05, 0) is 5.46 Å². The number of hydrogen-bond donors (Lipinski definition) is 2. The lowest BCUT2D eigenvalue weighted by Crippen LogP contribution is -2.29. The summed E-state index contributed by atoms with van der Waals surface area (Å²) in [5, 5.41) is 17.7. The molecule has 0 aliphatic rings. The van der Waals surface area contributed by atoms with Crippen molar-refractivity contribution in [3.63, 3.8) is 0 Å². The average Bonchev–Trinajstić information content (AvgIpc) is 2.18. The SMILES string of the molecule is [C-]#[N+]C(C)(C)c1ccc(B(O)O)cc1. The van der Waals surface area contributed by atoms with E-state index in [9.17, 15) is 0 Å². The van der Waals surface area contributed by atoms with Gasteiger partial charge in [0, 0.05) is 19.4 Å². The second-order valence-electron chi connectivity index (χ2n) is 3.67. The molecule has 72 valence electrons. The molecule has 0 unspecified atom stereocenters. The highest BCUT2D eigenvalue weighted by molar-refractivity contribution is 6.58. The van der Waals surface area contributed by atoms with E-state index in [1.807, 2.05) is 13.8 Å². The second-order valence-corrected chi connectivity index (χ2v) is 3.67. The Morgan fingerprint density at radius 1 is 1.21 bits per heavy atom. The molecule has 0 saturated heterocycles. The molecule has 14 heavy (non-hydrogen) atoms. The lowest BCUT2D eigenvalue weighted by atomic mass is 9.79. The van der Waals surface area contributed by atoms with Gasteiger partial charge in [0.05, 0.1) is 0 Å². The van der Waals surface area contributed by atoms with Crippen molar-refractivity contribution in [3.8, 4) is 0 Å². The molecule has 0 heterocycles. The fourth-order valence-electron chi connectivity index (χ4n) is 1.13. The van der Waals surface area contributed by atoms with E-state index in [1.165, 1.54) is 0 Å². The van der Waals surface area contributed by atoms with Crippen LogP contribution < -0.4 is 5.46 Å². The van der Waals surface area contributed by atoms with E-state index in [-0.39, 0.29) is 0 Å². The van der Waals surface area contributed by atoms with Crippen LogP contribution >= 0.6 is 0 Å². The van der Waals surface area contributed by atoms with Gasteiger partial charge in [0.15, 0.2) is 0 Å². The van der Waals surface area contributed by atoms with Gasteiger partial charge in [-0.25, -0.2) is 6.57 Å². The lowest BCUT2D eigenvalue weighted by Gasteiger charge is -2.11. The van der Waals surface area contributed by atoms with Crippen molar-refractivity contribution in [3.05, 3.63) is 41.2 Å². The van der Waals surface area contributed by atoms with Crippen LogP contribution in [-0.2, 0) is 5.54 Å². The van der Waals surface area contributed by atoms with Crippen molar-refractivity contribution in [2.75, 3.05) is 0 Å². The maximum absolute atomic E-state index is 8.87. The smallest absolute Gasteiger partial charge is 0.423 e. The minimum absolute atomic E-state index is 0.439. The molecule has 3 nitrogen and oxygen atoms in total. The molecule has 2 N–H and O–H groups in total. The lowest BCUT2D eigenvalue weighted by molar-refractivity contribution is 0.425. The largest absolute Gasteiger partial charge is 0.488 e. The van der Waals surface area contributed by atoms with Gasteiger partial charge in [-0.2, -0.15) is 0 Å². The molecule has 0 radical (unpaired) electrons. The first-order valence-corrected chi connectivity index (χ1v) is 4.32. The summed E-state index contributed by atoms with van der Waals surface area (Å²) in [6.45, 7) is 10.7. The first-order chi connectivity index (χ1) is 6.47. The molecule has 0 saturated carbocycles. The maximum atomic E-state index is 8.87. The Morgan fingerprint density at radius 2 is 1.71 bits per heavy atom. The van der Waals surface area contributed by atoms with Crippen LogP contribution in [0.2, 0.25) is 0 Å². The Labute approximate surface area is 84.0 Å². The Kier molecular flexibility index (Phi) is 2.95. The normalized spacial score (nSPS) is 10.8. The van der Waals surface area contributed by atoms with Gasteiger partial charge in [-0.3, -0.25) is 0 Å². The summed E-state index contributed by atoms with van der Waals surface area (Å²) >= 11 is 0. The predicted molar refractivity (Wildman–Crippen MR) is 55.9 cm³/mol. The monoisotopic (exact) mass is 189 g/mol. The predicted octanol–water partition coefficient (Wildman–Crippen LogP) is 0.521. The van der Waals surface area contributed by atoms with E-state index in [1.54, 1.807) is 24.3 Å². The zero-order chi connectivity index (χ0) is 10.8. The van der Waals surface area contributed by atoms with Crippen molar-refractivity contribution in [1.29, 1.82) is 0 Å². The quantitative estimate of drug-likeness (QED) is 0.526. The van der Waals surface area contributed by atoms with Gasteiger partial charge < -0.3 is 14.9 Å². The molecule has 0 bridgehead atoms. The minimum Gasteiger partial charge on any atom is -0.423 e. The summed E-state index contributed by atoms with van der Waals surface area (Å²) in [5.41, 5.74) is 0.755. The van der Waals surface area contributed by atoms with Crippen LogP contribution in [0.3, 0.4) is 0 Å². The van der Waals surface area contributed by atoms with Crippen molar-refractivity contribution in [1.82, 2.24) is 0 Å². The summed E-state index contributed by atoms with van der Waals surface area (Å²) in [4.78, 5) is 3.49. The van der Waals surface area contributed by atoms with Crippen LogP contribution in [0.15, 0.2) is 24.3 Å². The Balaban J connectivity index is 3.01. The topological polar surface area (TPSA) is 44.8 Å². The van der Waals surface area contributed by atoms with Crippen LogP contribution in [0.25, 0.3) is 4.85 Å². The van der Waals surface area contributed by atoms with E-state index < -0.39 is 12.7 Å². The number of nitrogens with zero attached hydrogens (tertiary/aromatic N) is 1. The molecular weight excluding hydrogens is 177 g/mol. The molecule has 0 fully saturated rings. The molecule has 1 aromatic rings. The summed E-state index contributed by atoms with van der Waals surface area (Å²) in [6, 6.07) is 6.72. The summed E-state index contributed by atoms with van der Waals surface area (Å²) in [6.07, 6.45) is 0. The van der Waals surface area contributed by atoms with Crippen LogP contribution in [0, 0.1) is 6.57 Å². The van der Waals surface area contributed by atoms with Gasteiger partial charge >= 0.3 is 7.12 Å². The van der Waals surface area contributed by atoms with E-state index in [2.05, 4.69) is 4.85 Å². The summed E-state index contributed by atoms with van der Waals surface area (Å²) < 4.78 is 0. The number of rotatable bonds is 2. The van der Waals surface area contributed by atoms with Crippen LogP contribution in [0.4, 0.5) is 0 Å². The zero-order valence-corrected chi connectivity index (χ0v) is 8.23. The highest BCUT2D eigenvalue weighted by Gasteiger charge is 2.25. The molecule has 0 atom stereocenters. The van der Waals surface area contributed by atoms with Crippen molar-refractivity contribution in [2.24, 2.45) is 0 Å². The van der Waals surface area contributed by atoms with Gasteiger partial charge in [0.1, 0.15) is 0 Å². The van der Waals surface area contributed by atoms with Crippen molar-refractivity contribution in [2.45, 2.75) is 19.4 Å². The van der Waals surface area contributed by atoms with Crippen LogP contribution in [-0.4, -0.2) is 17.2 Å². The highest BCUT2D eigenvalue weighted by atomic mass is 16.4. The van der Waals surface area contributed by atoms with Gasteiger partial charge in [-0.1, -0.05) is 24.3 Å². The molecule has 0 aliphatic carbocycles. The van der Waals surface area contributed by atoms with Crippen LogP contribution in [0.1, 0.15) is 19.4 Å². The maximum Gasteiger partial charge on any atom is 0.488 e. The first kappa shape index (κ1) is 10.8. The third-order valence-corrected chi connectivity index (χ3v) is 2.19. The van der Waals surface area contributed by atoms with Gasteiger partial charge in [0.2, 0.25) is 0 Å². The molecule has 1 aromatic carbocycles. The zero-order valence-electron chi connectivity index (χ0n) is 8.23. The average molecular weight is 189 g/mol. The fourth-order valence-corrected chi connectivity index (χ4v) is 1.13. The Hall–Kier alpha value is -1.31. The standard InChI is InChI=1S/C10H12BNO2/c1-10(2,12-3)8-4-6-9(7-5-8)11(13)14/h4-7,13-14H,1-2H3. The van der Waals surface area contributed by atoms with Crippen LogP contribution in [0.5, 0.6) is 0 Å². The van der Waals surface area contributed by atoms with E-state index >= 15 is 0 Å². The molecular formula is C10H12BNO2. The first-order valence-electron chi connectivity index (χ1n) is 4.32. The number of benzene rings is 1. The molecule has 4 heteroatoms. The van der Waals surface area contributed by atoms with Gasteiger partial charge in [0.25, 0.3) is 5.54 Å². The molecule has 0 amide bonds. The molecule has 0 aliphatic heterocycles. The highest BCUT2D eigenvalue weighted by Crippen LogP contribution is 2.23. The molecule has 0 aromatic heterocycles. The summed E-state index contributed by atoms with van der Waals surface area (Å²) in [5.74, 6) is 0. The number of hydrogen-bond acceptors (Lipinski definition) is 2. The van der Waals surface area contributed by atoms with Crippen molar-refractivity contribution < 1.29 is 10.0 Å². The van der Waals surface area contributed by atoms with E-state index in [0.29, 0.717) is 5.46 Å². The van der Waals surface area contributed by atoms with Gasteiger partial charge in [-0.15, -0.1) is 0 Å². The third-order valence-electron chi connectivity index (χ3n) is 2.19. The second kappa shape index (κ2) is 3.83. The fraction of sp³-hybridized carbons (Fsp3) is 0.300. The summed E-state index contributed by atoms with van der Waals surface area (Å²) in [7, 11) is -1.44.